The van der Waals surface area contributed by atoms with Crippen LogP contribution in [0.4, 0.5) is 4.79 Å². The molecule has 0 bridgehead atoms. The minimum Gasteiger partial charge on any atom is -0.444 e. The molecule has 2 amide bonds. The van der Waals surface area contributed by atoms with Crippen molar-refractivity contribution in [1.82, 2.24) is 10.4 Å². The van der Waals surface area contributed by atoms with Crippen molar-refractivity contribution in [2.24, 2.45) is 0 Å². The van der Waals surface area contributed by atoms with Gasteiger partial charge in [0.05, 0.1) is 7.11 Å². The number of ether oxygens (including phenoxy) is 1. The maximum absolute atomic E-state index is 11.7. The van der Waals surface area contributed by atoms with Crippen LogP contribution in [0, 0.1) is 0 Å². The molecule has 6 nitrogen and oxygen atoms in total. The zero-order valence-corrected chi connectivity index (χ0v) is 12.4. The summed E-state index contributed by atoms with van der Waals surface area (Å²) in [4.78, 5) is 28.1. The Labute approximate surface area is 114 Å². The lowest BCUT2D eigenvalue weighted by Gasteiger charge is -2.23. The fourth-order valence-corrected chi connectivity index (χ4v) is 1.71. The first-order valence-corrected chi connectivity index (χ1v) is 6.49. The molecule has 0 atom stereocenters. The SMILES string of the molecule is CON(C)C(=O)CCC1(NC(=O)OC(C)(C)C)CC1. The standard InChI is InChI=1S/C13H24N2O4/c1-12(2,3)19-11(17)14-13(8-9-13)7-6-10(16)15(4)18-5/h6-9H2,1-5H3,(H,14,17). The minimum absolute atomic E-state index is 0.0974. The first-order chi connectivity index (χ1) is 8.67. The first kappa shape index (κ1) is 15.8. The fourth-order valence-electron chi connectivity index (χ4n) is 1.71. The van der Waals surface area contributed by atoms with Gasteiger partial charge in [-0.05, 0) is 40.0 Å². The van der Waals surface area contributed by atoms with Gasteiger partial charge in [0.2, 0.25) is 5.91 Å². The highest BCUT2D eigenvalue weighted by molar-refractivity contribution is 5.75. The Morgan fingerprint density at radius 3 is 2.32 bits per heavy atom. The topological polar surface area (TPSA) is 67.9 Å². The number of alkyl carbamates (subject to hydrolysis) is 1. The predicted octanol–water partition coefficient (Wildman–Crippen LogP) is 1.84. The number of hydroxylamine groups is 2. The van der Waals surface area contributed by atoms with E-state index in [1.807, 2.05) is 20.8 Å². The molecule has 0 aliphatic heterocycles. The van der Waals surface area contributed by atoms with Crippen LogP contribution in [-0.2, 0) is 14.4 Å². The van der Waals surface area contributed by atoms with Crippen LogP contribution >= 0.6 is 0 Å². The summed E-state index contributed by atoms with van der Waals surface area (Å²) in [7, 11) is 3.02. The van der Waals surface area contributed by atoms with Crippen LogP contribution < -0.4 is 5.32 Å². The fraction of sp³-hybridized carbons (Fsp3) is 0.846. The van der Waals surface area contributed by atoms with Crippen LogP contribution in [0.25, 0.3) is 0 Å². The Balaban J connectivity index is 2.37. The van der Waals surface area contributed by atoms with Crippen LogP contribution in [0.15, 0.2) is 0 Å². The third-order valence-corrected chi connectivity index (χ3v) is 3.06. The highest BCUT2D eigenvalue weighted by Gasteiger charge is 2.44. The Morgan fingerprint density at radius 1 is 1.32 bits per heavy atom. The Hall–Kier alpha value is -1.30. The zero-order chi connectivity index (χ0) is 14.7. The molecule has 1 rings (SSSR count). The van der Waals surface area contributed by atoms with E-state index < -0.39 is 11.7 Å². The van der Waals surface area contributed by atoms with Gasteiger partial charge in [-0.3, -0.25) is 9.63 Å². The van der Waals surface area contributed by atoms with Gasteiger partial charge >= 0.3 is 6.09 Å². The summed E-state index contributed by atoms with van der Waals surface area (Å²) in [5, 5.41) is 4.06. The Bertz CT molecular complexity index is 345. The normalized spacial score (nSPS) is 16.7. The van der Waals surface area contributed by atoms with Crippen molar-refractivity contribution in [3.05, 3.63) is 0 Å². The summed E-state index contributed by atoms with van der Waals surface area (Å²) in [6, 6.07) is 0. The molecule has 1 aliphatic rings. The molecule has 19 heavy (non-hydrogen) atoms. The summed E-state index contributed by atoms with van der Waals surface area (Å²) < 4.78 is 5.22. The van der Waals surface area contributed by atoms with E-state index >= 15 is 0 Å². The van der Waals surface area contributed by atoms with Gasteiger partial charge < -0.3 is 10.1 Å². The molecule has 0 heterocycles. The molecule has 1 saturated carbocycles. The van der Waals surface area contributed by atoms with Crippen molar-refractivity contribution in [2.45, 2.75) is 57.6 Å². The second-order valence-electron chi connectivity index (χ2n) is 5.98. The van der Waals surface area contributed by atoms with Gasteiger partial charge in [0.1, 0.15) is 5.60 Å². The lowest BCUT2D eigenvalue weighted by atomic mass is 10.1. The molecular formula is C13H24N2O4. The van der Waals surface area contributed by atoms with Crippen LogP contribution in [0.2, 0.25) is 0 Å². The van der Waals surface area contributed by atoms with Gasteiger partial charge in [0, 0.05) is 19.0 Å². The Kier molecular flexibility index (Phi) is 4.79. The number of nitrogens with zero attached hydrogens (tertiary/aromatic N) is 1. The lowest BCUT2D eigenvalue weighted by molar-refractivity contribution is -0.168. The summed E-state index contributed by atoms with van der Waals surface area (Å²) in [6.45, 7) is 5.47. The Morgan fingerprint density at radius 2 is 1.89 bits per heavy atom. The van der Waals surface area contributed by atoms with Crippen molar-refractivity contribution in [3.63, 3.8) is 0 Å². The van der Waals surface area contributed by atoms with E-state index in [0.717, 1.165) is 12.8 Å². The van der Waals surface area contributed by atoms with E-state index in [0.29, 0.717) is 12.8 Å². The largest absolute Gasteiger partial charge is 0.444 e. The molecule has 6 heteroatoms. The highest BCUT2D eigenvalue weighted by Crippen LogP contribution is 2.40. The van der Waals surface area contributed by atoms with Crippen LogP contribution in [0.5, 0.6) is 0 Å². The average Bonchev–Trinajstić information content (AvgIpc) is 3.02. The molecule has 1 fully saturated rings. The van der Waals surface area contributed by atoms with Gasteiger partial charge in [0.15, 0.2) is 0 Å². The van der Waals surface area contributed by atoms with Gasteiger partial charge in [-0.15, -0.1) is 0 Å². The van der Waals surface area contributed by atoms with Crippen molar-refractivity contribution < 1.29 is 19.2 Å². The maximum atomic E-state index is 11.7. The number of hydrogen-bond donors (Lipinski definition) is 1. The molecule has 110 valence electrons. The first-order valence-electron chi connectivity index (χ1n) is 6.49. The van der Waals surface area contributed by atoms with E-state index in [1.165, 1.54) is 12.2 Å². The third-order valence-electron chi connectivity index (χ3n) is 3.06. The van der Waals surface area contributed by atoms with E-state index in [1.54, 1.807) is 7.05 Å². The van der Waals surface area contributed by atoms with Gasteiger partial charge in [-0.1, -0.05) is 0 Å². The summed E-state index contributed by atoms with van der Waals surface area (Å²) in [5.74, 6) is -0.0974. The van der Waals surface area contributed by atoms with Gasteiger partial charge in [0.25, 0.3) is 0 Å². The van der Waals surface area contributed by atoms with E-state index in [-0.39, 0.29) is 11.4 Å². The highest BCUT2D eigenvalue weighted by atomic mass is 16.7. The van der Waals surface area contributed by atoms with Crippen molar-refractivity contribution in [1.29, 1.82) is 0 Å². The molecular weight excluding hydrogens is 248 g/mol. The molecule has 0 unspecified atom stereocenters. The molecule has 0 saturated heterocycles. The number of carbonyl (C=O) groups is 2. The van der Waals surface area contributed by atoms with E-state index in [9.17, 15) is 9.59 Å². The summed E-state index contributed by atoms with van der Waals surface area (Å²) in [6.07, 6.45) is 2.31. The third kappa shape index (κ3) is 5.46. The molecule has 0 radical (unpaired) electrons. The van der Waals surface area contributed by atoms with E-state index in [4.69, 9.17) is 9.57 Å². The van der Waals surface area contributed by atoms with Crippen molar-refractivity contribution in [2.75, 3.05) is 14.2 Å². The predicted molar refractivity (Wildman–Crippen MR) is 70.3 cm³/mol. The molecule has 0 aromatic carbocycles. The number of hydrogen-bond acceptors (Lipinski definition) is 4. The number of amides is 2. The van der Waals surface area contributed by atoms with Crippen LogP contribution in [0.1, 0.15) is 46.5 Å². The number of rotatable bonds is 5. The molecule has 1 N–H and O–H groups in total. The molecule has 0 aromatic rings. The van der Waals surface area contributed by atoms with Crippen LogP contribution in [0.3, 0.4) is 0 Å². The smallest absolute Gasteiger partial charge is 0.408 e. The molecule has 0 aromatic heterocycles. The van der Waals surface area contributed by atoms with Crippen molar-refractivity contribution >= 4 is 12.0 Å². The van der Waals surface area contributed by atoms with Crippen LogP contribution in [-0.4, -0.2) is 42.4 Å². The summed E-state index contributed by atoms with van der Waals surface area (Å²) in [5.41, 5.74) is -0.779. The van der Waals surface area contributed by atoms with Gasteiger partial charge in [-0.2, -0.15) is 0 Å². The number of carbonyl (C=O) groups excluding carboxylic acids is 2. The second kappa shape index (κ2) is 5.77. The minimum atomic E-state index is -0.508. The van der Waals surface area contributed by atoms with Gasteiger partial charge in [-0.25, -0.2) is 9.86 Å². The molecule has 0 spiro atoms. The second-order valence-corrected chi connectivity index (χ2v) is 5.98. The number of nitrogens with one attached hydrogen (secondary N) is 1. The van der Waals surface area contributed by atoms with Crippen molar-refractivity contribution in [3.8, 4) is 0 Å². The zero-order valence-electron chi connectivity index (χ0n) is 12.4. The average molecular weight is 272 g/mol. The quantitative estimate of drug-likeness (QED) is 0.775. The molecule has 1 aliphatic carbocycles. The maximum Gasteiger partial charge on any atom is 0.408 e. The lowest BCUT2D eigenvalue weighted by Crippen LogP contribution is -2.41. The summed E-state index contributed by atoms with van der Waals surface area (Å²) >= 11 is 0. The van der Waals surface area contributed by atoms with E-state index in [2.05, 4.69) is 5.32 Å². The monoisotopic (exact) mass is 272 g/mol.